The first-order valence-electron chi connectivity index (χ1n) is 4.88. The van der Waals surface area contributed by atoms with E-state index in [2.05, 4.69) is 12.1 Å². The largest absolute Gasteiger partial charge is 0.371 e. The van der Waals surface area contributed by atoms with Crippen LogP contribution in [0, 0.1) is 0 Å². The van der Waals surface area contributed by atoms with E-state index < -0.39 is 0 Å². The summed E-state index contributed by atoms with van der Waals surface area (Å²) in [5.74, 6) is 0. The van der Waals surface area contributed by atoms with Crippen LogP contribution in [0.5, 0.6) is 0 Å². The van der Waals surface area contributed by atoms with Crippen molar-refractivity contribution < 1.29 is 9.47 Å². The fourth-order valence-corrected chi connectivity index (χ4v) is 1.54. The van der Waals surface area contributed by atoms with Crippen molar-refractivity contribution >= 4 is 0 Å². The van der Waals surface area contributed by atoms with E-state index in [1.54, 1.807) is 0 Å². The summed E-state index contributed by atoms with van der Waals surface area (Å²) in [5.41, 5.74) is 6.65. The number of hydrogen-bond donors (Lipinski definition) is 1. The maximum Gasteiger partial charge on any atom is 0.106 e. The minimum Gasteiger partial charge on any atom is -0.371 e. The lowest BCUT2D eigenvalue weighted by Gasteiger charge is -2.28. The summed E-state index contributed by atoms with van der Waals surface area (Å²) in [5, 5.41) is 0. The molecule has 0 spiro atoms. The van der Waals surface area contributed by atoms with Gasteiger partial charge in [-0.3, -0.25) is 0 Å². The first-order valence-corrected chi connectivity index (χ1v) is 4.88. The highest BCUT2D eigenvalue weighted by Crippen LogP contribution is 2.21. The molecule has 1 aromatic rings. The zero-order chi connectivity index (χ0) is 9.80. The number of rotatable bonds is 2. The Kier molecular flexibility index (Phi) is 3.14. The standard InChI is InChI=1S/C11H15NO2/c12-6-10-7-14-11(8-13-10)9-4-2-1-3-5-9/h1-5,10-11H,6-8,12H2/t10-,11-/m1/s1. The third-order valence-corrected chi connectivity index (χ3v) is 2.40. The molecule has 1 aromatic carbocycles. The molecule has 1 fully saturated rings. The monoisotopic (exact) mass is 193 g/mol. The highest BCUT2D eigenvalue weighted by molar-refractivity contribution is 5.17. The maximum absolute atomic E-state index is 5.66. The van der Waals surface area contributed by atoms with Gasteiger partial charge in [-0.05, 0) is 5.56 Å². The van der Waals surface area contributed by atoms with Gasteiger partial charge in [0.2, 0.25) is 0 Å². The van der Waals surface area contributed by atoms with Gasteiger partial charge in [-0.25, -0.2) is 0 Å². The van der Waals surface area contributed by atoms with Crippen LogP contribution in [0.1, 0.15) is 11.7 Å². The first-order chi connectivity index (χ1) is 6.90. The van der Waals surface area contributed by atoms with Crippen LogP contribution in [0.15, 0.2) is 30.3 Å². The summed E-state index contributed by atoms with van der Waals surface area (Å²) in [7, 11) is 0. The van der Waals surface area contributed by atoms with Gasteiger partial charge in [0.1, 0.15) is 6.10 Å². The fraction of sp³-hybridized carbons (Fsp3) is 0.455. The molecular weight excluding hydrogens is 178 g/mol. The first kappa shape index (κ1) is 9.65. The molecule has 0 saturated carbocycles. The molecule has 3 heteroatoms. The van der Waals surface area contributed by atoms with E-state index in [9.17, 15) is 0 Å². The molecule has 0 aliphatic carbocycles. The van der Waals surface area contributed by atoms with Crippen LogP contribution < -0.4 is 5.73 Å². The molecule has 0 amide bonds. The average Bonchev–Trinajstić information content (AvgIpc) is 2.30. The van der Waals surface area contributed by atoms with E-state index in [0.717, 1.165) is 0 Å². The molecular formula is C11H15NO2. The average molecular weight is 193 g/mol. The predicted octanol–water partition coefficient (Wildman–Crippen LogP) is 1.10. The molecule has 2 rings (SSSR count). The van der Waals surface area contributed by atoms with Gasteiger partial charge in [0.05, 0.1) is 19.3 Å². The van der Waals surface area contributed by atoms with Gasteiger partial charge < -0.3 is 15.2 Å². The molecule has 76 valence electrons. The summed E-state index contributed by atoms with van der Waals surface area (Å²) < 4.78 is 11.2. The third-order valence-electron chi connectivity index (χ3n) is 2.40. The Morgan fingerprint density at radius 2 is 1.93 bits per heavy atom. The van der Waals surface area contributed by atoms with Crippen LogP contribution in [0.25, 0.3) is 0 Å². The molecule has 0 radical (unpaired) electrons. The van der Waals surface area contributed by atoms with Crippen molar-refractivity contribution in [2.45, 2.75) is 12.2 Å². The summed E-state index contributed by atoms with van der Waals surface area (Å²) in [4.78, 5) is 0. The van der Waals surface area contributed by atoms with Crippen molar-refractivity contribution in [2.24, 2.45) is 5.73 Å². The molecule has 1 heterocycles. The second kappa shape index (κ2) is 4.55. The van der Waals surface area contributed by atoms with Gasteiger partial charge in [0.25, 0.3) is 0 Å². The van der Waals surface area contributed by atoms with Crippen LogP contribution in [-0.2, 0) is 9.47 Å². The van der Waals surface area contributed by atoms with Gasteiger partial charge in [-0.1, -0.05) is 30.3 Å². The summed E-state index contributed by atoms with van der Waals surface area (Å²) in [6.45, 7) is 1.73. The quantitative estimate of drug-likeness (QED) is 0.765. The molecule has 14 heavy (non-hydrogen) atoms. The molecule has 1 aliphatic rings. The lowest BCUT2D eigenvalue weighted by molar-refractivity contribution is -0.131. The molecule has 1 aliphatic heterocycles. The summed E-state index contributed by atoms with van der Waals surface area (Å²) in [6.07, 6.45) is 0.133. The van der Waals surface area contributed by atoms with Gasteiger partial charge in [0, 0.05) is 6.54 Å². The Morgan fingerprint density at radius 3 is 2.50 bits per heavy atom. The minimum absolute atomic E-state index is 0.0648. The maximum atomic E-state index is 5.66. The number of hydrogen-bond acceptors (Lipinski definition) is 3. The Morgan fingerprint density at radius 1 is 1.14 bits per heavy atom. The van der Waals surface area contributed by atoms with Gasteiger partial charge in [-0.2, -0.15) is 0 Å². The zero-order valence-corrected chi connectivity index (χ0v) is 8.06. The molecule has 3 nitrogen and oxygen atoms in total. The molecule has 1 saturated heterocycles. The Hall–Kier alpha value is -0.900. The van der Waals surface area contributed by atoms with Crippen molar-refractivity contribution in [3.8, 4) is 0 Å². The summed E-state index contributed by atoms with van der Waals surface area (Å²) >= 11 is 0. The highest BCUT2D eigenvalue weighted by Gasteiger charge is 2.21. The van der Waals surface area contributed by atoms with E-state index in [1.807, 2.05) is 18.2 Å². The zero-order valence-electron chi connectivity index (χ0n) is 8.06. The van der Waals surface area contributed by atoms with Gasteiger partial charge in [0.15, 0.2) is 0 Å². The predicted molar refractivity (Wildman–Crippen MR) is 53.9 cm³/mol. The Bertz CT molecular complexity index is 268. The van der Waals surface area contributed by atoms with Crippen molar-refractivity contribution in [2.75, 3.05) is 19.8 Å². The summed E-state index contributed by atoms with van der Waals surface area (Å²) in [6, 6.07) is 10.1. The minimum atomic E-state index is 0.0648. The second-order valence-electron chi connectivity index (χ2n) is 3.42. The molecule has 0 aromatic heterocycles. The van der Waals surface area contributed by atoms with Crippen LogP contribution in [0.3, 0.4) is 0 Å². The molecule has 2 atom stereocenters. The smallest absolute Gasteiger partial charge is 0.106 e. The van der Waals surface area contributed by atoms with Crippen molar-refractivity contribution in [1.29, 1.82) is 0 Å². The number of nitrogens with two attached hydrogens (primary N) is 1. The van der Waals surface area contributed by atoms with Crippen LogP contribution >= 0.6 is 0 Å². The third kappa shape index (κ3) is 2.12. The molecule has 0 unspecified atom stereocenters. The Balaban J connectivity index is 1.96. The van der Waals surface area contributed by atoms with Crippen LogP contribution in [0.4, 0.5) is 0 Å². The lowest BCUT2D eigenvalue weighted by atomic mass is 10.1. The van der Waals surface area contributed by atoms with E-state index in [4.69, 9.17) is 15.2 Å². The number of ether oxygens (including phenoxy) is 2. The normalized spacial score (nSPS) is 27.5. The topological polar surface area (TPSA) is 44.5 Å². The van der Waals surface area contributed by atoms with Gasteiger partial charge in [-0.15, -0.1) is 0 Å². The van der Waals surface area contributed by atoms with Crippen LogP contribution in [0.2, 0.25) is 0 Å². The fourth-order valence-electron chi connectivity index (χ4n) is 1.54. The van der Waals surface area contributed by atoms with E-state index >= 15 is 0 Å². The van der Waals surface area contributed by atoms with E-state index in [0.29, 0.717) is 19.8 Å². The van der Waals surface area contributed by atoms with E-state index in [1.165, 1.54) is 5.56 Å². The van der Waals surface area contributed by atoms with E-state index in [-0.39, 0.29) is 12.2 Å². The van der Waals surface area contributed by atoms with Crippen molar-refractivity contribution in [3.63, 3.8) is 0 Å². The molecule has 2 N–H and O–H groups in total. The Labute approximate surface area is 83.8 Å². The number of benzene rings is 1. The SMILES string of the molecule is NC[C@@H]1CO[C@@H](c2ccccc2)CO1. The lowest BCUT2D eigenvalue weighted by Crippen LogP contribution is -2.36. The van der Waals surface area contributed by atoms with Crippen molar-refractivity contribution in [3.05, 3.63) is 35.9 Å². The van der Waals surface area contributed by atoms with Crippen molar-refractivity contribution in [1.82, 2.24) is 0 Å². The molecule has 0 bridgehead atoms. The highest BCUT2D eigenvalue weighted by atomic mass is 16.6. The van der Waals surface area contributed by atoms with Crippen LogP contribution in [-0.4, -0.2) is 25.9 Å². The second-order valence-corrected chi connectivity index (χ2v) is 3.42. The van der Waals surface area contributed by atoms with Gasteiger partial charge >= 0.3 is 0 Å².